The van der Waals surface area contributed by atoms with Crippen LogP contribution in [-0.4, -0.2) is 20.0 Å². The molecule has 0 saturated heterocycles. The number of hydrogen-bond acceptors (Lipinski definition) is 2. The highest BCUT2D eigenvalue weighted by Gasteiger charge is 2.18. The summed E-state index contributed by atoms with van der Waals surface area (Å²) in [4.78, 5) is 28.1. The number of aromatic nitrogens is 3. The van der Waals surface area contributed by atoms with Crippen LogP contribution >= 0.6 is 0 Å². The van der Waals surface area contributed by atoms with Crippen molar-refractivity contribution in [1.29, 1.82) is 0 Å². The summed E-state index contributed by atoms with van der Waals surface area (Å²) in [5.74, 6) is 0.110. The van der Waals surface area contributed by atoms with E-state index >= 15 is 0 Å². The third kappa shape index (κ3) is 3.01. The lowest BCUT2D eigenvalue weighted by atomic mass is 9.92. The van der Waals surface area contributed by atoms with E-state index in [1.165, 1.54) is 10.9 Å². The van der Waals surface area contributed by atoms with Gasteiger partial charge in [0, 0.05) is 43.3 Å². The van der Waals surface area contributed by atoms with Crippen LogP contribution in [0.15, 0.2) is 53.5 Å². The number of nitrogens with one attached hydrogen (secondary N) is 2. The van der Waals surface area contributed by atoms with E-state index in [0.717, 1.165) is 23.0 Å². The van der Waals surface area contributed by atoms with Crippen LogP contribution in [0.1, 0.15) is 31.2 Å². The standard InChI is InChI=1S/C22H24N4O2/c1-4-14(17-13-23-18-8-6-5-7-16(17)18)11-21(27)24-15-9-10-19-20(12-15)26(3)22(28)25(19)2/h5-10,12-14,23H,4,11H2,1-3H3,(H,24,27). The first-order valence-electron chi connectivity index (χ1n) is 9.51. The van der Waals surface area contributed by atoms with E-state index in [1.54, 1.807) is 23.2 Å². The SMILES string of the molecule is CCC(CC(=O)Nc1ccc2c(c1)n(C)c(=O)n2C)c1c[nH]c2ccccc12. The van der Waals surface area contributed by atoms with E-state index in [2.05, 4.69) is 23.3 Å². The third-order valence-electron chi connectivity index (χ3n) is 5.54. The zero-order valence-electron chi connectivity index (χ0n) is 16.3. The van der Waals surface area contributed by atoms with Gasteiger partial charge < -0.3 is 10.3 Å². The largest absolute Gasteiger partial charge is 0.361 e. The van der Waals surface area contributed by atoms with Crippen molar-refractivity contribution < 1.29 is 4.79 Å². The van der Waals surface area contributed by atoms with Crippen molar-refractivity contribution in [2.45, 2.75) is 25.7 Å². The van der Waals surface area contributed by atoms with E-state index in [4.69, 9.17) is 0 Å². The van der Waals surface area contributed by atoms with Gasteiger partial charge in [0.05, 0.1) is 11.0 Å². The fraction of sp³-hybridized carbons (Fsp3) is 0.273. The molecule has 6 heteroatoms. The molecule has 1 amide bonds. The summed E-state index contributed by atoms with van der Waals surface area (Å²) in [6.07, 6.45) is 3.30. The summed E-state index contributed by atoms with van der Waals surface area (Å²) >= 11 is 0. The predicted octanol–water partition coefficient (Wildman–Crippen LogP) is 3.88. The molecule has 1 atom stereocenters. The molecule has 0 radical (unpaired) electrons. The first-order valence-corrected chi connectivity index (χ1v) is 9.51. The lowest BCUT2D eigenvalue weighted by Crippen LogP contribution is -2.19. The van der Waals surface area contributed by atoms with Crippen molar-refractivity contribution in [3.05, 3.63) is 64.7 Å². The van der Waals surface area contributed by atoms with Gasteiger partial charge in [-0.15, -0.1) is 0 Å². The number of aryl methyl sites for hydroxylation is 2. The summed E-state index contributed by atoms with van der Waals surface area (Å²) in [5.41, 5.74) is 4.53. The summed E-state index contributed by atoms with van der Waals surface area (Å²) in [6, 6.07) is 13.7. The van der Waals surface area contributed by atoms with Gasteiger partial charge in [-0.3, -0.25) is 13.9 Å². The molecule has 2 aromatic heterocycles. The number of fused-ring (bicyclic) bond motifs is 2. The molecule has 0 saturated carbocycles. The average molecular weight is 376 g/mol. The van der Waals surface area contributed by atoms with E-state index in [-0.39, 0.29) is 17.5 Å². The molecule has 2 aromatic carbocycles. The van der Waals surface area contributed by atoms with E-state index in [1.807, 2.05) is 42.6 Å². The second-order valence-corrected chi connectivity index (χ2v) is 7.25. The van der Waals surface area contributed by atoms with Gasteiger partial charge in [0.25, 0.3) is 0 Å². The molecule has 0 aliphatic rings. The van der Waals surface area contributed by atoms with Crippen LogP contribution in [0.4, 0.5) is 5.69 Å². The molecule has 144 valence electrons. The Morgan fingerprint density at radius 2 is 1.86 bits per heavy atom. The van der Waals surface area contributed by atoms with Crippen LogP contribution in [0.25, 0.3) is 21.9 Å². The van der Waals surface area contributed by atoms with Gasteiger partial charge in [0.15, 0.2) is 0 Å². The molecule has 4 aromatic rings. The molecule has 0 spiro atoms. The zero-order chi connectivity index (χ0) is 19.8. The smallest absolute Gasteiger partial charge is 0.328 e. The lowest BCUT2D eigenvalue weighted by molar-refractivity contribution is -0.116. The van der Waals surface area contributed by atoms with Crippen molar-refractivity contribution in [3.8, 4) is 0 Å². The molecule has 4 rings (SSSR count). The minimum atomic E-state index is -0.0798. The number of aromatic amines is 1. The van der Waals surface area contributed by atoms with Gasteiger partial charge in [0.1, 0.15) is 0 Å². The van der Waals surface area contributed by atoms with E-state index < -0.39 is 0 Å². The number of nitrogens with zero attached hydrogens (tertiary/aromatic N) is 2. The Kier molecular flexibility index (Phi) is 4.55. The Morgan fingerprint density at radius 1 is 1.11 bits per heavy atom. The van der Waals surface area contributed by atoms with Crippen LogP contribution in [-0.2, 0) is 18.9 Å². The van der Waals surface area contributed by atoms with E-state index in [9.17, 15) is 9.59 Å². The minimum absolute atomic E-state index is 0.0302. The summed E-state index contributed by atoms with van der Waals surface area (Å²) < 4.78 is 3.19. The van der Waals surface area contributed by atoms with Gasteiger partial charge in [-0.2, -0.15) is 0 Å². The molecule has 0 aliphatic carbocycles. The number of anilines is 1. The highest BCUT2D eigenvalue weighted by molar-refractivity contribution is 5.94. The normalized spacial score (nSPS) is 12.5. The van der Waals surface area contributed by atoms with Gasteiger partial charge in [-0.25, -0.2) is 4.79 Å². The monoisotopic (exact) mass is 376 g/mol. The van der Waals surface area contributed by atoms with Crippen molar-refractivity contribution in [2.24, 2.45) is 14.1 Å². The second kappa shape index (κ2) is 7.03. The molecule has 0 aliphatic heterocycles. The maximum Gasteiger partial charge on any atom is 0.328 e. The number of amides is 1. The van der Waals surface area contributed by atoms with Crippen LogP contribution in [0.5, 0.6) is 0 Å². The second-order valence-electron chi connectivity index (χ2n) is 7.25. The van der Waals surface area contributed by atoms with Gasteiger partial charge in [-0.1, -0.05) is 25.1 Å². The lowest BCUT2D eigenvalue weighted by Gasteiger charge is -2.14. The number of H-pyrrole nitrogens is 1. The maximum absolute atomic E-state index is 12.7. The molecule has 2 heterocycles. The van der Waals surface area contributed by atoms with Crippen molar-refractivity contribution in [3.63, 3.8) is 0 Å². The Labute approximate surface area is 162 Å². The Bertz CT molecular complexity index is 1230. The molecule has 28 heavy (non-hydrogen) atoms. The molecule has 0 bridgehead atoms. The minimum Gasteiger partial charge on any atom is -0.361 e. The number of benzene rings is 2. The van der Waals surface area contributed by atoms with Crippen molar-refractivity contribution >= 4 is 33.5 Å². The summed E-state index contributed by atoms with van der Waals surface area (Å²) in [6.45, 7) is 2.10. The number of rotatable bonds is 5. The van der Waals surface area contributed by atoms with Gasteiger partial charge in [0.2, 0.25) is 5.91 Å². The quantitative estimate of drug-likeness (QED) is 0.555. The fourth-order valence-corrected chi connectivity index (χ4v) is 3.93. The summed E-state index contributed by atoms with van der Waals surface area (Å²) in [5, 5.41) is 4.16. The first kappa shape index (κ1) is 18.1. The molecule has 6 nitrogen and oxygen atoms in total. The van der Waals surface area contributed by atoms with Gasteiger partial charge in [-0.05, 0) is 42.2 Å². The molecular formula is C22H24N4O2. The highest BCUT2D eigenvalue weighted by Crippen LogP contribution is 2.30. The Morgan fingerprint density at radius 3 is 2.64 bits per heavy atom. The number of carbonyl (C=O) groups excluding carboxylic acids is 1. The van der Waals surface area contributed by atoms with E-state index in [0.29, 0.717) is 12.1 Å². The van der Waals surface area contributed by atoms with Crippen molar-refractivity contribution in [1.82, 2.24) is 14.1 Å². The molecule has 2 N–H and O–H groups in total. The van der Waals surface area contributed by atoms with Crippen LogP contribution in [0.2, 0.25) is 0 Å². The molecule has 0 fully saturated rings. The average Bonchev–Trinajstić information content (AvgIpc) is 3.22. The van der Waals surface area contributed by atoms with Gasteiger partial charge >= 0.3 is 5.69 Å². The van der Waals surface area contributed by atoms with Crippen molar-refractivity contribution in [2.75, 3.05) is 5.32 Å². The van der Waals surface area contributed by atoms with Crippen LogP contribution < -0.4 is 11.0 Å². The number of para-hydroxylation sites is 1. The number of imidazole rings is 1. The first-order chi connectivity index (χ1) is 13.5. The number of carbonyl (C=O) groups is 1. The maximum atomic E-state index is 12.7. The zero-order valence-corrected chi connectivity index (χ0v) is 16.3. The Hall–Kier alpha value is -3.28. The molecular weight excluding hydrogens is 352 g/mol. The summed E-state index contributed by atoms with van der Waals surface area (Å²) in [7, 11) is 3.48. The predicted molar refractivity (Wildman–Crippen MR) is 113 cm³/mol. The molecule has 1 unspecified atom stereocenters. The fourth-order valence-electron chi connectivity index (χ4n) is 3.93. The van der Waals surface area contributed by atoms with Crippen LogP contribution in [0, 0.1) is 0 Å². The Balaban J connectivity index is 1.55. The third-order valence-corrected chi connectivity index (χ3v) is 5.54. The number of hydrogen-bond donors (Lipinski definition) is 2. The highest BCUT2D eigenvalue weighted by atomic mass is 16.2. The van der Waals surface area contributed by atoms with Crippen LogP contribution in [0.3, 0.4) is 0 Å². The topological polar surface area (TPSA) is 71.8 Å².